The number of aliphatic imine (C=N–C) groups is 2. The molecule has 0 saturated carbocycles. The third kappa shape index (κ3) is 9.41. The second kappa shape index (κ2) is 20.4. The Morgan fingerprint density at radius 2 is 1.16 bits per heavy atom. The number of aryl methyl sites for hydroxylation is 4. The summed E-state index contributed by atoms with van der Waals surface area (Å²) in [7, 11) is 1.72. The molecule has 0 fully saturated rings. The number of aromatic nitrogens is 4. The second-order valence-corrected chi connectivity index (χ2v) is 18.3. The SMILES string of the molecule is CCN(CC)c1ccc(N=C2C(c3ccccc3Br)=Nn3c2nc(C)c(C)c3=O)c(C)c1.CCN(CCOC)c1ccc(N=C2C(c3ccccc3Br)=Nn3c2nc2c(c3=O)CCC2)c(C)c1. The van der Waals surface area contributed by atoms with Gasteiger partial charge in [-0.1, -0.05) is 68.3 Å². The van der Waals surface area contributed by atoms with E-state index >= 15 is 0 Å². The second-order valence-electron chi connectivity index (χ2n) is 16.6. The molecule has 3 aliphatic rings. The maximum atomic E-state index is 13.3. The third-order valence-corrected chi connectivity index (χ3v) is 13.8. The minimum Gasteiger partial charge on any atom is -0.383 e. The highest BCUT2D eigenvalue weighted by Crippen LogP contribution is 2.31. The molecule has 67 heavy (non-hydrogen) atoms. The fraction of sp³-hybridized carbons (Fsp3) is 0.308. The van der Waals surface area contributed by atoms with Crippen molar-refractivity contribution < 1.29 is 4.74 Å². The zero-order valence-corrected chi connectivity index (χ0v) is 42.4. The standard InChI is InChI=1S/C27H28BrN5O2.C25H26BrN5O/c1-4-32(14-15-35-3)18-12-13-22(17(2)16-18)29-25-24(19-8-5-6-10-21(19)28)31-33-26(25)30-23-11-7-9-20(23)27(33)34;1-6-30(7-2)18-12-13-21(15(3)14-18)28-23-22(19-10-8-9-11-20(19)26)29-31-24(23)27-17(5)16(4)25(31)32/h5-6,8,10,12-13,16H,4,7,9,11,14-15H2,1-3H3;8-14H,6-7H2,1-5H3. The van der Waals surface area contributed by atoms with Gasteiger partial charge in [0.05, 0.1) is 23.7 Å². The molecule has 1 aliphatic carbocycles. The van der Waals surface area contributed by atoms with Gasteiger partial charge in [-0.25, -0.2) is 20.0 Å². The van der Waals surface area contributed by atoms with Gasteiger partial charge in [0.1, 0.15) is 22.8 Å². The van der Waals surface area contributed by atoms with Gasteiger partial charge in [0.25, 0.3) is 11.1 Å². The van der Waals surface area contributed by atoms with Crippen LogP contribution in [0.2, 0.25) is 0 Å². The van der Waals surface area contributed by atoms with Gasteiger partial charge in [-0.05, 0) is 127 Å². The Bertz CT molecular complexity index is 3150. The summed E-state index contributed by atoms with van der Waals surface area (Å²) in [6.07, 6.45) is 2.52. The van der Waals surface area contributed by atoms with Gasteiger partial charge >= 0.3 is 0 Å². The molecule has 0 bridgehead atoms. The molecule has 9 rings (SSSR count). The lowest BCUT2D eigenvalue weighted by atomic mass is 10.1. The number of ether oxygens (including phenoxy) is 1. The van der Waals surface area contributed by atoms with Gasteiger partial charge in [-0.15, -0.1) is 0 Å². The highest BCUT2D eigenvalue weighted by Gasteiger charge is 2.33. The smallest absolute Gasteiger partial charge is 0.277 e. The lowest BCUT2D eigenvalue weighted by Gasteiger charge is -2.23. The molecular formula is C52H54Br2N10O3. The summed E-state index contributed by atoms with van der Waals surface area (Å²) in [5, 5.41) is 9.39. The molecule has 0 unspecified atom stereocenters. The van der Waals surface area contributed by atoms with Gasteiger partial charge in [0.15, 0.2) is 11.6 Å². The van der Waals surface area contributed by atoms with Gasteiger partial charge < -0.3 is 14.5 Å². The van der Waals surface area contributed by atoms with Crippen molar-refractivity contribution in [2.24, 2.45) is 20.2 Å². The molecule has 15 heteroatoms. The van der Waals surface area contributed by atoms with Crippen molar-refractivity contribution in [2.75, 3.05) is 49.7 Å². The van der Waals surface area contributed by atoms with E-state index in [0.717, 1.165) is 105 Å². The Morgan fingerprint density at radius 3 is 1.67 bits per heavy atom. The first-order valence-corrected chi connectivity index (χ1v) is 24.3. The first kappa shape index (κ1) is 47.3. The maximum absolute atomic E-state index is 13.3. The largest absolute Gasteiger partial charge is 0.383 e. The van der Waals surface area contributed by atoms with E-state index in [9.17, 15) is 9.59 Å². The molecule has 344 valence electrons. The number of fused-ring (bicyclic) bond motifs is 3. The van der Waals surface area contributed by atoms with Gasteiger partial charge in [-0.3, -0.25) is 9.59 Å². The Hall–Kier alpha value is -6.16. The van der Waals surface area contributed by atoms with Gasteiger partial charge in [0.2, 0.25) is 0 Å². The first-order valence-electron chi connectivity index (χ1n) is 22.7. The predicted molar refractivity (Wildman–Crippen MR) is 279 cm³/mol. The van der Waals surface area contributed by atoms with E-state index in [4.69, 9.17) is 29.8 Å². The molecule has 13 nitrogen and oxygen atoms in total. The minimum atomic E-state index is -0.171. The topological polar surface area (TPSA) is 135 Å². The number of benzene rings is 4. The molecule has 0 atom stereocenters. The minimum absolute atomic E-state index is 0.0824. The molecule has 4 aromatic carbocycles. The number of likely N-dealkylation sites (N-methyl/N-ethyl adjacent to an activating group) is 1. The van der Waals surface area contributed by atoms with Crippen LogP contribution in [0.3, 0.4) is 0 Å². The summed E-state index contributed by atoms with van der Waals surface area (Å²) < 4.78 is 9.84. The molecule has 0 radical (unpaired) electrons. The molecule has 0 saturated heterocycles. The summed E-state index contributed by atoms with van der Waals surface area (Å²) in [6.45, 7) is 18.4. The molecular weight excluding hydrogens is 972 g/mol. The number of anilines is 2. The zero-order chi connectivity index (χ0) is 47.5. The fourth-order valence-corrected chi connectivity index (χ4v) is 9.42. The van der Waals surface area contributed by atoms with E-state index in [1.165, 1.54) is 15.0 Å². The van der Waals surface area contributed by atoms with E-state index in [-0.39, 0.29) is 11.1 Å². The van der Waals surface area contributed by atoms with Crippen LogP contribution < -0.4 is 20.9 Å². The molecule has 6 aromatic rings. The van der Waals surface area contributed by atoms with Crippen LogP contribution >= 0.6 is 31.9 Å². The van der Waals surface area contributed by atoms with Crippen molar-refractivity contribution in [3.05, 3.63) is 171 Å². The van der Waals surface area contributed by atoms with Crippen molar-refractivity contribution in [3.8, 4) is 0 Å². The summed E-state index contributed by atoms with van der Waals surface area (Å²) in [4.78, 5) is 50.4. The predicted octanol–water partition coefficient (Wildman–Crippen LogP) is 9.83. The molecule has 0 spiro atoms. The number of hydrogen-bond donors (Lipinski definition) is 0. The molecule has 0 N–H and O–H groups in total. The third-order valence-electron chi connectivity index (χ3n) is 12.4. The lowest BCUT2D eigenvalue weighted by molar-refractivity contribution is 0.205. The Labute approximate surface area is 408 Å². The average molecular weight is 1030 g/mol. The number of methoxy groups -OCH3 is 1. The Balaban J connectivity index is 0.000000182. The van der Waals surface area contributed by atoms with Crippen LogP contribution in [-0.2, 0) is 17.6 Å². The van der Waals surface area contributed by atoms with Crippen molar-refractivity contribution in [2.45, 2.75) is 67.7 Å². The van der Waals surface area contributed by atoms with Crippen LogP contribution in [0, 0.1) is 27.7 Å². The van der Waals surface area contributed by atoms with Crippen LogP contribution in [0.4, 0.5) is 22.7 Å². The van der Waals surface area contributed by atoms with Crippen molar-refractivity contribution in [1.29, 1.82) is 0 Å². The Morgan fingerprint density at radius 1 is 0.657 bits per heavy atom. The monoisotopic (exact) mass is 1020 g/mol. The van der Waals surface area contributed by atoms with E-state index in [1.807, 2.05) is 67.6 Å². The van der Waals surface area contributed by atoms with Crippen LogP contribution in [0.5, 0.6) is 0 Å². The van der Waals surface area contributed by atoms with Gasteiger partial charge in [-0.2, -0.15) is 19.6 Å². The first-order chi connectivity index (χ1) is 32.4. The van der Waals surface area contributed by atoms with Crippen LogP contribution in [-0.4, -0.2) is 82.1 Å². The number of hydrogen-bond acceptors (Lipinski definition) is 11. The normalized spacial score (nSPS) is 14.7. The summed E-state index contributed by atoms with van der Waals surface area (Å²) in [5.74, 6) is 0.983. The number of halogens is 2. The lowest BCUT2D eigenvalue weighted by Crippen LogP contribution is -2.26. The van der Waals surface area contributed by atoms with Gasteiger partial charge in [0, 0.05) is 81.6 Å². The zero-order valence-electron chi connectivity index (χ0n) is 39.2. The summed E-state index contributed by atoms with van der Waals surface area (Å²) in [5.41, 5.74) is 12.9. The molecule has 2 aliphatic heterocycles. The van der Waals surface area contributed by atoms with Crippen LogP contribution in [0.25, 0.3) is 0 Å². The van der Waals surface area contributed by atoms with E-state index in [1.54, 1.807) is 14.0 Å². The highest BCUT2D eigenvalue weighted by molar-refractivity contribution is 9.10. The van der Waals surface area contributed by atoms with E-state index < -0.39 is 0 Å². The average Bonchev–Trinajstić information content (AvgIpc) is 4.05. The molecule has 2 aromatic heterocycles. The summed E-state index contributed by atoms with van der Waals surface area (Å²) in [6, 6.07) is 28.2. The molecule has 0 amide bonds. The van der Waals surface area contributed by atoms with E-state index in [2.05, 4.69) is 106 Å². The van der Waals surface area contributed by atoms with Crippen LogP contribution in [0.1, 0.15) is 83.6 Å². The molecule has 4 heterocycles. The van der Waals surface area contributed by atoms with E-state index in [0.29, 0.717) is 52.4 Å². The number of rotatable bonds is 12. The van der Waals surface area contributed by atoms with Crippen molar-refractivity contribution >= 4 is 77.5 Å². The maximum Gasteiger partial charge on any atom is 0.277 e. The number of nitrogens with zero attached hydrogens (tertiary/aromatic N) is 10. The fourth-order valence-electron chi connectivity index (χ4n) is 8.48. The highest BCUT2D eigenvalue weighted by atomic mass is 79.9. The van der Waals surface area contributed by atoms with Crippen molar-refractivity contribution in [3.63, 3.8) is 0 Å². The Kier molecular flexibility index (Phi) is 14.4. The quantitative estimate of drug-likeness (QED) is 0.119. The summed E-state index contributed by atoms with van der Waals surface area (Å²) >= 11 is 7.26. The van der Waals surface area contributed by atoms with Crippen molar-refractivity contribution in [1.82, 2.24) is 19.3 Å². The van der Waals surface area contributed by atoms with Crippen LogP contribution in [0.15, 0.2) is 124 Å².